The van der Waals surface area contributed by atoms with Crippen LogP contribution in [0, 0.1) is 11.7 Å². The highest BCUT2D eigenvalue weighted by Gasteiger charge is 2.26. The minimum Gasteiger partial charge on any atom is -0.465 e. The lowest BCUT2D eigenvalue weighted by atomic mass is 9.83. The van der Waals surface area contributed by atoms with Crippen LogP contribution >= 0.6 is 0 Å². The first-order valence-electron chi connectivity index (χ1n) is 12.4. The Balaban J connectivity index is 1.32. The first-order valence-corrected chi connectivity index (χ1v) is 12.4. The van der Waals surface area contributed by atoms with Gasteiger partial charge in [0, 0.05) is 38.3 Å². The van der Waals surface area contributed by atoms with Gasteiger partial charge in [-0.2, -0.15) is 4.98 Å². The molecule has 2 aromatic carbocycles. The van der Waals surface area contributed by atoms with Crippen LogP contribution in [0.2, 0.25) is 0 Å². The van der Waals surface area contributed by atoms with Gasteiger partial charge in [0.2, 0.25) is 5.91 Å². The minimum atomic E-state index is -0.447. The van der Waals surface area contributed by atoms with Gasteiger partial charge in [-0.05, 0) is 61.2 Å². The van der Waals surface area contributed by atoms with Crippen LogP contribution in [-0.4, -0.2) is 55.0 Å². The number of oxazole rings is 1. The van der Waals surface area contributed by atoms with E-state index in [-0.39, 0.29) is 24.2 Å². The average molecular weight is 497 g/mol. The topological polar surface area (TPSA) is 96.7 Å². The molecule has 1 saturated carbocycles. The minimum absolute atomic E-state index is 0.00769. The summed E-state index contributed by atoms with van der Waals surface area (Å²) < 4.78 is 23.7. The van der Waals surface area contributed by atoms with E-state index in [4.69, 9.17) is 9.15 Å². The summed E-state index contributed by atoms with van der Waals surface area (Å²) in [5, 5.41) is 6.59. The molecule has 1 atom stereocenters. The summed E-state index contributed by atoms with van der Waals surface area (Å²) in [6, 6.07) is 11.7. The Labute approximate surface area is 210 Å². The number of esters is 1. The number of fused-ring (bicyclic) bond motifs is 1. The van der Waals surface area contributed by atoms with Crippen LogP contribution in [0.15, 0.2) is 46.9 Å². The lowest BCUT2D eigenvalue weighted by Crippen LogP contribution is -2.43. The van der Waals surface area contributed by atoms with Crippen molar-refractivity contribution in [1.82, 2.24) is 9.88 Å². The molecule has 2 N–H and O–H groups in total. The third-order valence-electron chi connectivity index (χ3n) is 6.74. The predicted molar refractivity (Wildman–Crippen MR) is 136 cm³/mol. The van der Waals surface area contributed by atoms with Gasteiger partial charge in [0.05, 0.1) is 12.7 Å². The zero-order chi connectivity index (χ0) is 25.5. The Bertz CT molecular complexity index is 1170. The van der Waals surface area contributed by atoms with Gasteiger partial charge in [0.25, 0.3) is 6.01 Å². The summed E-state index contributed by atoms with van der Waals surface area (Å²) in [5.74, 6) is -0.241. The molecule has 0 radical (unpaired) electrons. The average Bonchev–Trinajstić information content (AvgIpc) is 3.31. The van der Waals surface area contributed by atoms with Crippen LogP contribution in [-0.2, 0) is 9.53 Å². The molecule has 0 spiro atoms. The van der Waals surface area contributed by atoms with Crippen molar-refractivity contribution < 1.29 is 23.1 Å². The number of benzene rings is 2. The molecule has 0 saturated heterocycles. The van der Waals surface area contributed by atoms with Crippen LogP contribution < -0.4 is 10.6 Å². The zero-order valence-corrected chi connectivity index (χ0v) is 20.8. The number of amides is 1. The van der Waals surface area contributed by atoms with Gasteiger partial charge >= 0.3 is 5.97 Å². The molecule has 4 rings (SSSR count). The van der Waals surface area contributed by atoms with Crippen LogP contribution in [0.25, 0.3) is 11.1 Å². The number of ether oxygens (including phenoxy) is 1. The normalized spacial score (nSPS) is 14.9. The molecule has 1 amide bonds. The third kappa shape index (κ3) is 6.53. The first-order chi connectivity index (χ1) is 17.4. The number of carbonyl (C=O) groups is 2. The monoisotopic (exact) mass is 496 g/mol. The quantitative estimate of drug-likeness (QED) is 0.378. The van der Waals surface area contributed by atoms with Crippen LogP contribution in [0.1, 0.15) is 48.9 Å². The van der Waals surface area contributed by atoms with E-state index in [1.165, 1.54) is 38.5 Å². The maximum Gasteiger partial charge on any atom is 0.337 e. The summed E-state index contributed by atoms with van der Waals surface area (Å²) in [6.45, 7) is 0.930. The number of anilines is 2. The number of methoxy groups -OCH3 is 1. The smallest absolute Gasteiger partial charge is 0.337 e. The number of carbonyl (C=O) groups excluding carboxylic acids is 2. The molecule has 192 valence electrons. The third-order valence-corrected chi connectivity index (χ3v) is 6.74. The summed E-state index contributed by atoms with van der Waals surface area (Å²) in [4.78, 5) is 30.7. The maximum absolute atomic E-state index is 13.3. The number of halogens is 1. The van der Waals surface area contributed by atoms with Gasteiger partial charge in [-0.1, -0.05) is 19.3 Å². The lowest BCUT2D eigenvalue weighted by Gasteiger charge is -2.34. The van der Waals surface area contributed by atoms with E-state index in [0.717, 1.165) is 18.5 Å². The molecule has 1 heterocycles. The second-order valence-electron chi connectivity index (χ2n) is 9.30. The van der Waals surface area contributed by atoms with Crippen molar-refractivity contribution in [2.75, 3.05) is 37.9 Å². The van der Waals surface area contributed by atoms with Crippen molar-refractivity contribution in [2.45, 2.75) is 44.6 Å². The standard InChI is InChI=1S/C27H33FN4O4/c1-32(17-23(18-6-4-3-5-7-18)30-21-11-9-20(28)10-12-21)25(33)14-15-29-27-31-22-13-8-19(26(34)35-2)16-24(22)36-27/h8-13,16,18,23,30H,3-7,14-15,17H2,1-2H3,(H,29,31)/t23-/m1/s1. The molecular formula is C27H33FN4O4. The van der Waals surface area contributed by atoms with Crippen molar-refractivity contribution in [3.8, 4) is 0 Å². The van der Waals surface area contributed by atoms with Gasteiger partial charge in [-0.3, -0.25) is 4.79 Å². The van der Waals surface area contributed by atoms with Crippen LogP contribution in [0.3, 0.4) is 0 Å². The Kier molecular flexibility index (Phi) is 8.40. The first kappa shape index (κ1) is 25.5. The molecule has 1 aliphatic rings. The second-order valence-corrected chi connectivity index (χ2v) is 9.30. The van der Waals surface area contributed by atoms with Gasteiger partial charge in [-0.15, -0.1) is 0 Å². The fourth-order valence-electron chi connectivity index (χ4n) is 4.72. The van der Waals surface area contributed by atoms with Crippen molar-refractivity contribution in [3.05, 3.63) is 53.8 Å². The van der Waals surface area contributed by atoms with E-state index in [1.807, 2.05) is 7.05 Å². The summed E-state index contributed by atoms with van der Waals surface area (Å²) >= 11 is 0. The zero-order valence-electron chi connectivity index (χ0n) is 20.8. The molecule has 1 fully saturated rings. The number of nitrogens with zero attached hydrogens (tertiary/aromatic N) is 2. The number of rotatable bonds is 10. The van der Waals surface area contributed by atoms with Gasteiger partial charge in [0.15, 0.2) is 5.58 Å². The largest absolute Gasteiger partial charge is 0.465 e. The molecular weight excluding hydrogens is 463 g/mol. The molecule has 8 nitrogen and oxygen atoms in total. The fraction of sp³-hybridized carbons (Fsp3) is 0.444. The Hall–Kier alpha value is -3.62. The second kappa shape index (κ2) is 11.9. The van der Waals surface area contributed by atoms with E-state index in [0.29, 0.717) is 41.7 Å². The fourth-order valence-corrected chi connectivity index (χ4v) is 4.72. The number of aromatic nitrogens is 1. The van der Waals surface area contributed by atoms with Crippen molar-refractivity contribution in [2.24, 2.45) is 5.92 Å². The predicted octanol–water partition coefficient (Wildman–Crippen LogP) is 5.07. The number of hydrogen-bond acceptors (Lipinski definition) is 7. The number of hydrogen-bond donors (Lipinski definition) is 2. The Morgan fingerprint density at radius 1 is 1.17 bits per heavy atom. The molecule has 0 unspecified atom stereocenters. The lowest BCUT2D eigenvalue weighted by molar-refractivity contribution is -0.129. The maximum atomic E-state index is 13.3. The number of likely N-dealkylation sites (N-methyl/N-ethyl adjacent to an activating group) is 1. The van der Waals surface area contributed by atoms with E-state index in [2.05, 4.69) is 15.6 Å². The Morgan fingerprint density at radius 2 is 1.92 bits per heavy atom. The summed E-state index contributed by atoms with van der Waals surface area (Å²) in [6.07, 6.45) is 6.16. The van der Waals surface area contributed by atoms with E-state index >= 15 is 0 Å². The molecule has 3 aromatic rings. The highest BCUT2D eigenvalue weighted by Crippen LogP contribution is 2.29. The van der Waals surface area contributed by atoms with Gasteiger partial charge in [0.1, 0.15) is 11.3 Å². The van der Waals surface area contributed by atoms with Gasteiger partial charge in [-0.25, -0.2) is 9.18 Å². The molecule has 36 heavy (non-hydrogen) atoms. The van der Waals surface area contributed by atoms with Crippen molar-refractivity contribution in [3.63, 3.8) is 0 Å². The van der Waals surface area contributed by atoms with Gasteiger partial charge < -0.3 is 24.7 Å². The summed E-state index contributed by atoms with van der Waals surface area (Å²) in [7, 11) is 3.14. The number of nitrogens with one attached hydrogen (secondary N) is 2. The van der Waals surface area contributed by atoms with Crippen LogP contribution in [0.4, 0.5) is 16.1 Å². The van der Waals surface area contributed by atoms with E-state index in [9.17, 15) is 14.0 Å². The van der Waals surface area contributed by atoms with E-state index < -0.39 is 5.97 Å². The van der Waals surface area contributed by atoms with E-state index in [1.54, 1.807) is 35.2 Å². The molecule has 1 aromatic heterocycles. The van der Waals surface area contributed by atoms with Crippen molar-refractivity contribution >= 4 is 34.7 Å². The Morgan fingerprint density at radius 3 is 2.64 bits per heavy atom. The summed E-state index contributed by atoms with van der Waals surface area (Å²) in [5.41, 5.74) is 2.31. The van der Waals surface area contributed by atoms with Crippen molar-refractivity contribution in [1.29, 1.82) is 0 Å². The highest BCUT2D eigenvalue weighted by molar-refractivity contribution is 5.93. The highest BCUT2D eigenvalue weighted by atomic mass is 19.1. The van der Waals surface area contributed by atoms with Crippen LogP contribution in [0.5, 0.6) is 0 Å². The molecule has 1 aliphatic carbocycles. The molecule has 9 heteroatoms. The molecule has 0 bridgehead atoms. The SMILES string of the molecule is COC(=O)c1ccc2nc(NCCC(=O)N(C)C[C@@H](Nc3ccc(F)cc3)C3CCCCC3)oc2c1. The molecule has 0 aliphatic heterocycles.